The van der Waals surface area contributed by atoms with Gasteiger partial charge in [0.2, 0.25) is 11.7 Å². The van der Waals surface area contributed by atoms with E-state index < -0.39 is 0 Å². The second kappa shape index (κ2) is 10.5. The van der Waals surface area contributed by atoms with Gasteiger partial charge in [0.15, 0.2) is 11.5 Å². The van der Waals surface area contributed by atoms with Gasteiger partial charge in [-0.25, -0.2) is 4.68 Å². The Morgan fingerprint density at radius 2 is 1.85 bits per heavy atom. The number of anilines is 1. The molecule has 1 aromatic carbocycles. The fourth-order valence-corrected chi connectivity index (χ4v) is 2.46. The van der Waals surface area contributed by atoms with Crippen LogP contribution in [0.3, 0.4) is 0 Å². The van der Waals surface area contributed by atoms with Crippen molar-refractivity contribution in [2.75, 3.05) is 40.2 Å². The third-order valence-corrected chi connectivity index (χ3v) is 3.69. The van der Waals surface area contributed by atoms with Crippen molar-refractivity contribution >= 4 is 24.1 Å². The molecule has 1 amide bonds. The topological polar surface area (TPSA) is 86.6 Å². The van der Waals surface area contributed by atoms with Gasteiger partial charge in [-0.1, -0.05) is 0 Å². The predicted molar refractivity (Wildman–Crippen MR) is 102 cm³/mol. The summed E-state index contributed by atoms with van der Waals surface area (Å²) in [6, 6.07) is 5.45. The van der Waals surface area contributed by atoms with Gasteiger partial charge in [0.05, 0.1) is 34.1 Å². The lowest BCUT2D eigenvalue weighted by atomic mass is 10.1. The molecule has 0 bridgehead atoms. The standard InChI is InChI=1S/C17H24N4O4.ClH/c1-18-9-8-15(22)20-14-7-10-19-21(14)11-12-5-6-13(23-2)17(25-4)16(12)24-3;/h5-7,10,18H,8-9,11H2,1-4H3,(H,20,22);1H. The largest absolute Gasteiger partial charge is 0.493 e. The summed E-state index contributed by atoms with van der Waals surface area (Å²) in [5.41, 5.74) is 0.856. The Balaban J connectivity index is 0.00000338. The molecule has 0 spiro atoms. The minimum Gasteiger partial charge on any atom is -0.493 e. The van der Waals surface area contributed by atoms with Gasteiger partial charge in [-0.15, -0.1) is 12.4 Å². The van der Waals surface area contributed by atoms with Crippen molar-refractivity contribution in [2.45, 2.75) is 13.0 Å². The first-order valence-electron chi connectivity index (χ1n) is 7.88. The average molecular weight is 385 g/mol. The van der Waals surface area contributed by atoms with Crippen molar-refractivity contribution in [3.63, 3.8) is 0 Å². The van der Waals surface area contributed by atoms with Crippen molar-refractivity contribution in [1.29, 1.82) is 0 Å². The number of rotatable bonds is 9. The maximum Gasteiger partial charge on any atom is 0.226 e. The van der Waals surface area contributed by atoms with Crippen LogP contribution < -0.4 is 24.8 Å². The second-order valence-electron chi connectivity index (χ2n) is 5.27. The molecule has 0 aliphatic carbocycles. The molecular formula is C17H25ClN4O4. The summed E-state index contributed by atoms with van der Waals surface area (Å²) in [4.78, 5) is 11.9. The third kappa shape index (κ3) is 5.03. The van der Waals surface area contributed by atoms with E-state index in [0.717, 1.165) is 5.56 Å². The van der Waals surface area contributed by atoms with Crippen LogP contribution in [0, 0.1) is 0 Å². The van der Waals surface area contributed by atoms with Crippen molar-refractivity contribution < 1.29 is 19.0 Å². The zero-order chi connectivity index (χ0) is 18.2. The van der Waals surface area contributed by atoms with Gasteiger partial charge in [0.25, 0.3) is 0 Å². The molecule has 26 heavy (non-hydrogen) atoms. The minimum atomic E-state index is -0.0737. The first-order chi connectivity index (χ1) is 12.1. The number of amides is 1. The summed E-state index contributed by atoms with van der Waals surface area (Å²) in [7, 11) is 6.51. The molecule has 0 aliphatic rings. The third-order valence-electron chi connectivity index (χ3n) is 3.69. The van der Waals surface area contributed by atoms with Crippen LogP contribution in [0.1, 0.15) is 12.0 Å². The quantitative estimate of drug-likeness (QED) is 0.687. The molecule has 0 saturated carbocycles. The van der Waals surface area contributed by atoms with E-state index in [9.17, 15) is 4.79 Å². The van der Waals surface area contributed by atoms with Crippen LogP contribution in [-0.4, -0.2) is 50.6 Å². The minimum absolute atomic E-state index is 0. The Kier molecular flexibility index (Phi) is 8.74. The number of carbonyl (C=O) groups is 1. The van der Waals surface area contributed by atoms with Gasteiger partial charge in [0, 0.05) is 24.6 Å². The Morgan fingerprint density at radius 1 is 1.12 bits per heavy atom. The van der Waals surface area contributed by atoms with Gasteiger partial charge < -0.3 is 24.8 Å². The molecule has 144 valence electrons. The second-order valence-corrected chi connectivity index (χ2v) is 5.27. The summed E-state index contributed by atoms with van der Waals surface area (Å²) in [5, 5.41) is 10.1. The molecule has 0 aliphatic heterocycles. The fraction of sp³-hybridized carbons (Fsp3) is 0.412. The average Bonchev–Trinajstić information content (AvgIpc) is 3.05. The molecule has 0 unspecified atom stereocenters. The van der Waals surface area contributed by atoms with Gasteiger partial charge in [-0.05, 0) is 19.2 Å². The van der Waals surface area contributed by atoms with E-state index >= 15 is 0 Å². The van der Waals surface area contributed by atoms with Crippen molar-refractivity contribution in [3.05, 3.63) is 30.0 Å². The number of hydrogen-bond acceptors (Lipinski definition) is 6. The molecular weight excluding hydrogens is 360 g/mol. The number of hydrogen-bond donors (Lipinski definition) is 2. The number of halogens is 1. The van der Waals surface area contributed by atoms with Gasteiger partial charge in [-0.3, -0.25) is 4.79 Å². The molecule has 2 rings (SSSR count). The van der Waals surface area contributed by atoms with Crippen LogP contribution in [0.15, 0.2) is 24.4 Å². The summed E-state index contributed by atoms with van der Waals surface area (Å²) < 4.78 is 17.9. The van der Waals surface area contributed by atoms with Crippen LogP contribution in [0.4, 0.5) is 5.82 Å². The maximum absolute atomic E-state index is 11.9. The zero-order valence-corrected chi connectivity index (χ0v) is 16.2. The summed E-state index contributed by atoms with van der Waals surface area (Å²) in [6.45, 7) is 1.03. The smallest absolute Gasteiger partial charge is 0.226 e. The van der Waals surface area contributed by atoms with E-state index in [0.29, 0.717) is 42.6 Å². The molecule has 0 saturated heterocycles. The highest BCUT2D eigenvalue weighted by Gasteiger charge is 2.17. The Hall–Kier alpha value is -2.45. The molecule has 0 fully saturated rings. The van der Waals surface area contributed by atoms with Crippen molar-refractivity contribution in [1.82, 2.24) is 15.1 Å². The lowest BCUT2D eigenvalue weighted by Crippen LogP contribution is -2.20. The fourth-order valence-electron chi connectivity index (χ4n) is 2.46. The van der Waals surface area contributed by atoms with E-state index in [4.69, 9.17) is 14.2 Å². The normalized spacial score (nSPS) is 10.0. The highest BCUT2D eigenvalue weighted by atomic mass is 35.5. The molecule has 2 aromatic rings. The van der Waals surface area contributed by atoms with Crippen LogP contribution in [0.25, 0.3) is 0 Å². The first-order valence-corrected chi connectivity index (χ1v) is 7.88. The van der Waals surface area contributed by atoms with Crippen LogP contribution in [-0.2, 0) is 11.3 Å². The lowest BCUT2D eigenvalue weighted by molar-refractivity contribution is -0.116. The first kappa shape index (κ1) is 21.6. The summed E-state index contributed by atoms with van der Waals surface area (Å²) in [5.74, 6) is 2.23. The highest BCUT2D eigenvalue weighted by molar-refractivity contribution is 5.89. The van der Waals surface area contributed by atoms with Gasteiger partial charge in [-0.2, -0.15) is 5.10 Å². The monoisotopic (exact) mass is 384 g/mol. The number of benzene rings is 1. The molecule has 1 heterocycles. The van der Waals surface area contributed by atoms with Crippen LogP contribution in [0.2, 0.25) is 0 Å². The molecule has 2 N–H and O–H groups in total. The summed E-state index contributed by atoms with van der Waals surface area (Å²) in [6.07, 6.45) is 2.03. The van der Waals surface area contributed by atoms with E-state index in [2.05, 4.69) is 15.7 Å². The SMILES string of the molecule is CNCCC(=O)Nc1ccnn1Cc1ccc(OC)c(OC)c1OC.Cl. The molecule has 0 radical (unpaired) electrons. The van der Waals surface area contributed by atoms with Crippen LogP contribution >= 0.6 is 12.4 Å². The van der Waals surface area contributed by atoms with E-state index in [1.54, 1.807) is 45.3 Å². The number of methoxy groups -OCH3 is 3. The Labute approximate surface area is 159 Å². The van der Waals surface area contributed by atoms with Gasteiger partial charge >= 0.3 is 0 Å². The Bertz CT molecular complexity index is 721. The van der Waals surface area contributed by atoms with E-state index in [-0.39, 0.29) is 18.3 Å². The van der Waals surface area contributed by atoms with Crippen molar-refractivity contribution in [3.8, 4) is 17.2 Å². The highest BCUT2D eigenvalue weighted by Crippen LogP contribution is 2.40. The maximum atomic E-state index is 11.9. The number of nitrogens with one attached hydrogen (secondary N) is 2. The predicted octanol–water partition coefficient (Wildman–Crippen LogP) is 1.93. The van der Waals surface area contributed by atoms with E-state index in [1.807, 2.05) is 12.1 Å². The number of carbonyl (C=O) groups excluding carboxylic acids is 1. The number of aromatic nitrogens is 2. The Morgan fingerprint density at radius 3 is 2.46 bits per heavy atom. The zero-order valence-electron chi connectivity index (χ0n) is 15.4. The van der Waals surface area contributed by atoms with Crippen LogP contribution in [0.5, 0.6) is 17.2 Å². The number of ether oxygens (including phenoxy) is 3. The molecule has 1 aromatic heterocycles. The van der Waals surface area contributed by atoms with Gasteiger partial charge in [0.1, 0.15) is 5.82 Å². The summed E-state index contributed by atoms with van der Waals surface area (Å²) >= 11 is 0. The molecule has 0 atom stereocenters. The molecule has 8 nitrogen and oxygen atoms in total. The molecule has 9 heteroatoms. The van der Waals surface area contributed by atoms with Crippen molar-refractivity contribution in [2.24, 2.45) is 0 Å². The number of nitrogens with zero attached hydrogens (tertiary/aromatic N) is 2. The lowest BCUT2D eigenvalue weighted by Gasteiger charge is -2.16. The van der Waals surface area contributed by atoms with E-state index in [1.165, 1.54) is 0 Å².